The quantitative estimate of drug-likeness (QED) is 0.209. The predicted molar refractivity (Wildman–Crippen MR) is 149 cm³/mol. The smallest absolute Gasteiger partial charge is 0.330 e. The Morgan fingerprint density at radius 1 is 1.15 bits per heavy atom. The van der Waals surface area contributed by atoms with E-state index in [0.29, 0.717) is 45.7 Å². The number of aromatic nitrogens is 4. The summed E-state index contributed by atoms with van der Waals surface area (Å²) in [6, 6.07) is 6.87. The molecule has 0 saturated carbocycles. The lowest BCUT2D eigenvalue weighted by atomic mass is 9.84. The molecule has 13 heteroatoms. The van der Waals surface area contributed by atoms with Crippen LogP contribution >= 0.6 is 30.8 Å². The maximum Gasteiger partial charge on any atom is 0.330 e. The van der Waals surface area contributed by atoms with E-state index in [0.717, 1.165) is 10.9 Å². The number of halogens is 3. The second-order valence-electron chi connectivity index (χ2n) is 9.89. The zero-order chi connectivity index (χ0) is 27.9. The van der Waals surface area contributed by atoms with Crippen LogP contribution in [0.2, 0.25) is 10.0 Å². The monoisotopic (exact) mass is 593 g/mol. The van der Waals surface area contributed by atoms with Gasteiger partial charge in [-0.2, -0.15) is 5.10 Å². The van der Waals surface area contributed by atoms with Gasteiger partial charge in [0.25, 0.3) is 0 Å². The van der Waals surface area contributed by atoms with Crippen molar-refractivity contribution in [1.82, 2.24) is 20.2 Å². The minimum Gasteiger partial charge on any atom is -0.486 e. The van der Waals surface area contributed by atoms with Crippen molar-refractivity contribution >= 4 is 47.5 Å². The number of benzene rings is 1. The van der Waals surface area contributed by atoms with Crippen LogP contribution in [0.5, 0.6) is 5.75 Å². The highest BCUT2D eigenvalue weighted by atomic mass is 35.5. The van der Waals surface area contributed by atoms with Crippen molar-refractivity contribution in [2.75, 3.05) is 38.4 Å². The van der Waals surface area contributed by atoms with E-state index in [4.69, 9.17) is 37.0 Å². The summed E-state index contributed by atoms with van der Waals surface area (Å²) < 4.78 is 44.1. The van der Waals surface area contributed by atoms with E-state index < -0.39 is 19.5 Å². The summed E-state index contributed by atoms with van der Waals surface area (Å²) >= 11 is 12.6. The van der Waals surface area contributed by atoms with Crippen LogP contribution in [0.3, 0.4) is 0 Å². The Kier molecular flexibility index (Phi) is 7.61. The third kappa shape index (κ3) is 5.49. The number of anilines is 1. The normalized spacial score (nSPS) is 15.8. The van der Waals surface area contributed by atoms with Gasteiger partial charge in [0.05, 0.1) is 21.7 Å². The molecule has 1 aliphatic rings. The summed E-state index contributed by atoms with van der Waals surface area (Å²) in [5.74, 6) is 0.316. The first-order valence-corrected chi connectivity index (χ1v) is 14.6. The number of hydrogen-bond acceptors (Lipinski definition) is 8. The molecule has 0 unspecified atom stereocenters. The molecule has 0 aliphatic carbocycles. The van der Waals surface area contributed by atoms with E-state index in [1.807, 2.05) is 26.0 Å². The average Bonchev–Trinajstić information content (AvgIpc) is 3.30. The van der Waals surface area contributed by atoms with Crippen LogP contribution in [-0.2, 0) is 13.6 Å². The molecular formula is C26H27Cl2FN5O4P. The number of hydrogen-bond donors (Lipinski definition) is 1. The molecule has 39 heavy (non-hydrogen) atoms. The van der Waals surface area contributed by atoms with Crippen LogP contribution in [0.4, 0.5) is 10.2 Å². The first kappa shape index (κ1) is 27.8. The predicted octanol–water partition coefficient (Wildman–Crippen LogP) is 6.92. The molecule has 9 nitrogen and oxygen atoms in total. The highest BCUT2D eigenvalue weighted by Gasteiger charge is 2.45. The first-order chi connectivity index (χ1) is 18.5. The Labute approximate surface area is 235 Å². The van der Waals surface area contributed by atoms with Crippen LogP contribution < -0.4 is 9.64 Å². The van der Waals surface area contributed by atoms with Gasteiger partial charge in [0.2, 0.25) is 0 Å². The number of fused-ring (bicyclic) bond motifs is 1. The molecule has 1 aromatic carbocycles. The molecule has 1 fully saturated rings. The maximum absolute atomic E-state index is 15.2. The van der Waals surface area contributed by atoms with Gasteiger partial charge in [0.15, 0.2) is 11.6 Å². The molecule has 0 amide bonds. The minimum atomic E-state index is -3.18. The Morgan fingerprint density at radius 3 is 2.49 bits per heavy atom. The van der Waals surface area contributed by atoms with Crippen molar-refractivity contribution in [2.45, 2.75) is 20.0 Å². The van der Waals surface area contributed by atoms with Crippen molar-refractivity contribution in [3.8, 4) is 17.0 Å². The Morgan fingerprint density at radius 2 is 1.85 bits per heavy atom. The largest absolute Gasteiger partial charge is 0.486 e. The highest BCUT2D eigenvalue weighted by Crippen LogP contribution is 2.53. The fraction of sp³-hybridized carbons (Fsp3) is 0.346. The van der Waals surface area contributed by atoms with Crippen molar-refractivity contribution < 1.29 is 22.7 Å². The molecule has 0 spiro atoms. The molecule has 0 bridgehead atoms. The zero-order valence-corrected chi connectivity index (χ0v) is 24.1. The van der Waals surface area contributed by atoms with Crippen LogP contribution in [0, 0.1) is 11.2 Å². The Bertz CT molecular complexity index is 1550. The summed E-state index contributed by atoms with van der Waals surface area (Å²) in [5.41, 5.74) is 2.10. The van der Waals surface area contributed by atoms with Gasteiger partial charge in [-0.05, 0) is 31.2 Å². The second kappa shape index (κ2) is 10.7. The topological polar surface area (TPSA) is 102 Å². The van der Waals surface area contributed by atoms with E-state index >= 15 is 4.39 Å². The van der Waals surface area contributed by atoms with Gasteiger partial charge in [-0.25, -0.2) is 9.37 Å². The molecule has 1 N–H and O–H groups in total. The Balaban J connectivity index is 1.35. The average molecular weight is 594 g/mol. The van der Waals surface area contributed by atoms with Gasteiger partial charge in [0, 0.05) is 67.8 Å². The third-order valence-electron chi connectivity index (χ3n) is 6.82. The van der Waals surface area contributed by atoms with Gasteiger partial charge < -0.3 is 18.7 Å². The molecule has 5 rings (SSSR count). The lowest BCUT2D eigenvalue weighted by Gasteiger charge is -2.49. The number of ether oxygens (including phenoxy) is 1. The summed E-state index contributed by atoms with van der Waals surface area (Å²) in [6.45, 7) is 4.76. The van der Waals surface area contributed by atoms with E-state index in [2.05, 4.69) is 20.2 Å². The fourth-order valence-electron chi connectivity index (χ4n) is 4.95. The van der Waals surface area contributed by atoms with E-state index in [9.17, 15) is 4.57 Å². The van der Waals surface area contributed by atoms with Crippen LogP contribution in [0.1, 0.15) is 25.5 Å². The second-order valence-corrected chi connectivity index (χ2v) is 13.0. The van der Waals surface area contributed by atoms with Crippen molar-refractivity contribution in [3.63, 3.8) is 0 Å². The standard InChI is InChI=1S/C26H27Cl2FN5O4P/c1-15(23-19(27)10-30-11-20(23)28)38-17-5-6-22-18(8-17)24(33-32-22)16-7-21(29)25(31-9-16)34-12-26(2,13-34)14-39(35,36-3)37-4/h5-11,15H,12-14H2,1-4H3,(H,32,33)/t15-/m1/s1. The number of rotatable bonds is 9. The number of H-pyrrole nitrogens is 1. The molecule has 206 valence electrons. The number of nitrogens with zero attached hydrogens (tertiary/aromatic N) is 4. The molecule has 3 aromatic heterocycles. The molecule has 1 saturated heterocycles. The summed E-state index contributed by atoms with van der Waals surface area (Å²) in [7, 11) is -0.445. The fourth-order valence-corrected chi connectivity index (χ4v) is 7.16. The van der Waals surface area contributed by atoms with Gasteiger partial charge >= 0.3 is 7.60 Å². The van der Waals surface area contributed by atoms with E-state index in [1.54, 1.807) is 17.2 Å². The lowest BCUT2D eigenvalue weighted by molar-refractivity contribution is 0.224. The Hall–Kier alpha value is -2.75. The molecule has 4 heterocycles. The van der Waals surface area contributed by atoms with E-state index in [1.165, 1.54) is 32.7 Å². The van der Waals surface area contributed by atoms with Crippen molar-refractivity contribution in [3.05, 3.63) is 64.3 Å². The highest BCUT2D eigenvalue weighted by molar-refractivity contribution is 7.53. The zero-order valence-electron chi connectivity index (χ0n) is 21.7. The first-order valence-electron chi connectivity index (χ1n) is 12.1. The van der Waals surface area contributed by atoms with Gasteiger partial charge in [0.1, 0.15) is 17.5 Å². The van der Waals surface area contributed by atoms with Crippen molar-refractivity contribution in [2.24, 2.45) is 5.41 Å². The van der Waals surface area contributed by atoms with Gasteiger partial charge in [-0.1, -0.05) is 30.1 Å². The molecular weight excluding hydrogens is 567 g/mol. The van der Waals surface area contributed by atoms with Crippen molar-refractivity contribution in [1.29, 1.82) is 0 Å². The van der Waals surface area contributed by atoms with Crippen LogP contribution in [-0.4, -0.2) is 53.6 Å². The summed E-state index contributed by atoms with van der Waals surface area (Å²) in [5, 5.41) is 8.93. The third-order valence-corrected chi connectivity index (χ3v) is 9.68. The molecule has 0 radical (unpaired) electrons. The molecule has 4 aromatic rings. The van der Waals surface area contributed by atoms with E-state index in [-0.39, 0.29) is 17.4 Å². The van der Waals surface area contributed by atoms with Crippen LogP contribution in [0.25, 0.3) is 22.2 Å². The number of pyridine rings is 2. The van der Waals surface area contributed by atoms with Gasteiger partial charge in [-0.15, -0.1) is 0 Å². The SMILES string of the molecule is COP(=O)(CC1(C)CN(c2ncc(-c3n[nH]c4ccc(O[C@H](C)c5c(Cl)cncc5Cl)cc34)cc2F)C1)OC. The molecule has 1 atom stereocenters. The number of aromatic amines is 1. The van der Waals surface area contributed by atoms with Crippen LogP contribution in [0.15, 0.2) is 42.9 Å². The molecule has 1 aliphatic heterocycles. The maximum atomic E-state index is 15.2. The summed E-state index contributed by atoms with van der Waals surface area (Å²) in [4.78, 5) is 10.2. The summed E-state index contributed by atoms with van der Waals surface area (Å²) in [6.07, 6.45) is 4.42. The number of nitrogens with one attached hydrogen (secondary N) is 1. The lowest BCUT2D eigenvalue weighted by Crippen LogP contribution is -2.57. The minimum absolute atomic E-state index is 0.227. The van der Waals surface area contributed by atoms with Gasteiger partial charge in [-0.3, -0.25) is 14.6 Å².